The summed E-state index contributed by atoms with van der Waals surface area (Å²) >= 11 is -5.48. The number of benzene rings is 2. The van der Waals surface area contributed by atoms with Crippen LogP contribution in [0.15, 0.2) is 101 Å². The van der Waals surface area contributed by atoms with E-state index in [1.807, 2.05) is 0 Å². The summed E-state index contributed by atoms with van der Waals surface area (Å²) in [6.45, 7) is 0. The van der Waals surface area contributed by atoms with Crippen LogP contribution in [0.3, 0.4) is 0 Å². The number of sulfone groups is 2. The Labute approximate surface area is 225 Å². The Kier molecular flexibility index (Phi) is 7.83. The Bertz CT molecular complexity index is 1500. The van der Waals surface area contributed by atoms with Gasteiger partial charge in [0.1, 0.15) is 0 Å². The molecule has 15 heteroatoms. The third kappa shape index (κ3) is 5.40. The Balaban J connectivity index is 1.96. The van der Waals surface area contributed by atoms with Crippen LogP contribution in [0.5, 0.6) is 11.5 Å². The molecular weight excluding hydrogens is 654 g/mol. The van der Waals surface area contributed by atoms with Gasteiger partial charge in [-0.3, -0.25) is 0 Å². The number of alkyl halides is 6. The summed E-state index contributed by atoms with van der Waals surface area (Å²) in [5.74, 6) is -1.44. The first-order valence-corrected chi connectivity index (χ1v) is 18.5. The fourth-order valence-electron chi connectivity index (χ4n) is 3.94. The van der Waals surface area contributed by atoms with Gasteiger partial charge in [-0.2, -0.15) is 0 Å². The van der Waals surface area contributed by atoms with Gasteiger partial charge in [0.25, 0.3) is 0 Å². The van der Waals surface area contributed by atoms with Crippen molar-refractivity contribution in [2.75, 3.05) is 0 Å². The van der Waals surface area contributed by atoms with E-state index in [0.717, 1.165) is 24.3 Å². The van der Waals surface area contributed by atoms with E-state index in [9.17, 15) is 43.2 Å². The molecule has 2 aromatic rings. The standard InChI is InChI=1S/2C7H5F3O3S.2C5H5.Zr/c2*8-7(9,10)14(12,13)6-4-2-1-3-5(6)11;2*1-2-4-5-3-1;/h2*1-4,11H;2*1-3H,4H2;/q;;;;+2/p-2. The number of rotatable bonds is 8. The molecule has 0 radical (unpaired) electrons. The van der Waals surface area contributed by atoms with Crippen molar-refractivity contribution in [3.63, 3.8) is 0 Å². The summed E-state index contributed by atoms with van der Waals surface area (Å²) in [7, 11) is -11.8. The molecule has 2 aliphatic carbocycles. The van der Waals surface area contributed by atoms with Crippen molar-refractivity contribution < 1.29 is 70.0 Å². The van der Waals surface area contributed by atoms with Gasteiger partial charge in [0, 0.05) is 0 Å². The average molecular weight is 672 g/mol. The molecule has 0 unspecified atom stereocenters. The van der Waals surface area contributed by atoms with Crippen molar-refractivity contribution in [3.8, 4) is 11.5 Å². The van der Waals surface area contributed by atoms with E-state index < -0.39 is 73.1 Å². The molecule has 0 aromatic heterocycles. The molecule has 0 heterocycles. The third-order valence-electron chi connectivity index (χ3n) is 5.78. The van der Waals surface area contributed by atoms with E-state index in [4.69, 9.17) is 5.63 Å². The second kappa shape index (κ2) is 10.4. The van der Waals surface area contributed by atoms with Crippen LogP contribution in [0.1, 0.15) is 12.8 Å². The van der Waals surface area contributed by atoms with Gasteiger partial charge < -0.3 is 0 Å². The van der Waals surface area contributed by atoms with Gasteiger partial charge in [0.2, 0.25) is 0 Å². The zero-order valence-electron chi connectivity index (χ0n) is 19.5. The summed E-state index contributed by atoms with van der Waals surface area (Å²) in [5.41, 5.74) is -11.4. The average Bonchev–Trinajstić information content (AvgIpc) is 3.58. The van der Waals surface area contributed by atoms with Crippen LogP contribution in [0, 0.1) is 0 Å². The van der Waals surface area contributed by atoms with Crippen LogP contribution in [0.2, 0.25) is 0 Å². The number of halogens is 6. The first-order chi connectivity index (χ1) is 18.1. The molecule has 0 bridgehead atoms. The Hall–Kier alpha value is -2.64. The third-order valence-corrected chi connectivity index (χ3v) is 17.3. The fourth-order valence-corrected chi connectivity index (χ4v) is 14.3. The van der Waals surface area contributed by atoms with Crippen LogP contribution < -0.4 is 5.63 Å². The topological polar surface area (TPSA) is 86.7 Å². The Morgan fingerprint density at radius 3 is 1.28 bits per heavy atom. The molecular formula is C24H18F6O6S2Zr. The van der Waals surface area contributed by atoms with Crippen molar-refractivity contribution >= 4 is 19.7 Å². The number of hydrogen-bond acceptors (Lipinski definition) is 6. The summed E-state index contributed by atoms with van der Waals surface area (Å²) in [6.07, 6.45) is 9.76. The van der Waals surface area contributed by atoms with Gasteiger partial charge in [-0.1, -0.05) is 0 Å². The molecule has 0 fully saturated rings. The number of para-hydroxylation sites is 2. The van der Waals surface area contributed by atoms with Gasteiger partial charge >= 0.3 is 226 Å². The van der Waals surface area contributed by atoms with E-state index in [1.54, 1.807) is 24.3 Å². The second-order valence-corrected chi connectivity index (χ2v) is 19.3. The van der Waals surface area contributed by atoms with E-state index in [0.29, 0.717) is 18.7 Å². The maximum absolute atomic E-state index is 13.5. The zero-order valence-corrected chi connectivity index (χ0v) is 23.6. The van der Waals surface area contributed by atoms with Crippen molar-refractivity contribution in [3.05, 3.63) is 91.5 Å². The van der Waals surface area contributed by atoms with E-state index in [-0.39, 0.29) is 12.8 Å². The quantitative estimate of drug-likeness (QED) is 0.302. The zero-order chi connectivity index (χ0) is 28.7. The molecule has 0 amide bonds. The Morgan fingerprint density at radius 1 is 0.615 bits per heavy atom. The molecule has 0 N–H and O–H groups in total. The summed E-state index contributed by atoms with van der Waals surface area (Å²) in [6, 6.07) is 7.93. The van der Waals surface area contributed by atoms with Crippen molar-refractivity contribution in [1.82, 2.24) is 0 Å². The molecule has 208 valence electrons. The molecule has 39 heavy (non-hydrogen) atoms. The van der Waals surface area contributed by atoms with Crippen LogP contribution in [-0.2, 0) is 40.8 Å². The monoisotopic (exact) mass is 670 g/mol. The van der Waals surface area contributed by atoms with E-state index in [2.05, 4.69) is 0 Å². The molecule has 0 aliphatic heterocycles. The molecule has 0 spiro atoms. The van der Waals surface area contributed by atoms with Gasteiger partial charge in [-0.15, -0.1) is 0 Å². The Morgan fingerprint density at radius 2 is 0.974 bits per heavy atom. The molecule has 0 saturated heterocycles. The van der Waals surface area contributed by atoms with Crippen molar-refractivity contribution in [1.29, 1.82) is 0 Å². The second-order valence-electron chi connectivity index (χ2n) is 8.26. The number of hydrogen-bond donors (Lipinski definition) is 0. The molecule has 0 saturated carbocycles. The van der Waals surface area contributed by atoms with Gasteiger partial charge in [-0.25, -0.2) is 0 Å². The maximum atomic E-state index is 13.5. The van der Waals surface area contributed by atoms with Crippen molar-refractivity contribution in [2.24, 2.45) is 0 Å². The predicted octanol–water partition coefficient (Wildman–Crippen LogP) is 6.40. The first-order valence-electron chi connectivity index (χ1n) is 11.0. The number of allylic oxidation sites excluding steroid dienone is 8. The predicted molar refractivity (Wildman–Crippen MR) is 124 cm³/mol. The van der Waals surface area contributed by atoms with Crippen LogP contribution >= 0.6 is 0 Å². The summed E-state index contributed by atoms with van der Waals surface area (Å²) < 4.78 is 144. The molecule has 2 aromatic carbocycles. The minimum atomic E-state index is -5.91. The molecule has 4 rings (SSSR count). The van der Waals surface area contributed by atoms with Crippen LogP contribution in [-0.4, -0.2) is 27.9 Å². The van der Waals surface area contributed by atoms with Gasteiger partial charge in [-0.05, 0) is 0 Å². The molecule has 6 nitrogen and oxygen atoms in total. The van der Waals surface area contributed by atoms with E-state index >= 15 is 0 Å². The summed E-state index contributed by atoms with van der Waals surface area (Å²) in [4.78, 5) is -2.42. The fraction of sp³-hybridized carbons (Fsp3) is 0.167. The van der Waals surface area contributed by atoms with Crippen molar-refractivity contribution in [2.45, 2.75) is 33.6 Å². The molecule has 2 aliphatic rings. The first kappa shape index (κ1) is 29.3. The van der Waals surface area contributed by atoms with Gasteiger partial charge in [0.05, 0.1) is 0 Å². The van der Waals surface area contributed by atoms with Gasteiger partial charge in [0.15, 0.2) is 0 Å². The SMILES string of the molecule is O=S(=O)(c1ccccc1[O][Zr]([O]c1ccccc1S(=O)(=O)C(F)(F)F)([C]1=CC=CC1)[C]1=CC=CC1)C(F)(F)F. The van der Waals surface area contributed by atoms with E-state index in [1.165, 1.54) is 24.3 Å². The normalized spacial score (nSPS) is 16.3. The molecule has 0 atom stereocenters. The minimum absolute atomic E-state index is 0.135. The summed E-state index contributed by atoms with van der Waals surface area (Å²) in [5, 5.41) is 0. The van der Waals surface area contributed by atoms with Crippen LogP contribution in [0.25, 0.3) is 0 Å². The van der Waals surface area contributed by atoms with Crippen LogP contribution in [0.4, 0.5) is 26.3 Å².